The van der Waals surface area contributed by atoms with Crippen molar-refractivity contribution in [3.63, 3.8) is 0 Å². The molecular weight excluding hydrogens is 336 g/mol. The SMILES string of the molecule is O=C(CNS(=O)(=O)Cc1ccccc1)Nc1cccc2c1CCCC2. The summed E-state index contributed by atoms with van der Waals surface area (Å²) in [5.41, 5.74) is 3.93. The molecule has 1 aliphatic carbocycles. The minimum Gasteiger partial charge on any atom is -0.325 e. The van der Waals surface area contributed by atoms with Gasteiger partial charge in [-0.05, 0) is 48.4 Å². The zero-order valence-electron chi connectivity index (χ0n) is 14.0. The van der Waals surface area contributed by atoms with Gasteiger partial charge in [-0.3, -0.25) is 4.79 Å². The van der Waals surface area contributed by atoms with E-state index in [1.807, 2.05) is 18.2 Å². The van der Waals surface area contributed by atoms with Crippen molar-refractivity contribution in [3.8, 4) is 0 Å². The van der Waals surface area contributed by atoms with Crippen LogP contribution in [-0.2, 0) is 33.4 Å². The molecule has 0 radical (unpaired) electrons. The third-order valence-corrected chi connectivity index (χ3v) is 5.62. The molecule has 2 N–H and O–H groups in total. The number of carbonyl (C=O) groups excluding carboxylic acids is 1. The van der Waals surface area contributed by atoms with Crippen molar-refractivity contribution in [2.24, 2.45) is 0 Å². The summed E-state index contributed by atoms with van der Waals surface area (Å²) < 4.78 is 26.6. The fraction of sp³-hybridized carbons (Fsp3) is 0.316. The molecule has 6 heteroatoms. The van der Waals surface area contributed by atoms with E-state index in [9.17, 15) is 13.2 Å². The Kier molecular flexibility index (Phi) is 5.50. The van der Waals surface area contributed by atoms with Gasteiger partial charge in [0.25, 0.3) is 0 Å². The monoisotopic (exact) mass is 358 g/mol. The van der Waals surface area contributed by atoms with Gasteiger partial charge < -0.3 is 5.32 Å². The molecule has 0 saturated carbocycles. The first-order valence-corrected chi connectivity index (χ1v) is 10.1. The molecule has 132 valence electrons. The van der Waals surface area contributed by atoms with Crippen LogP contribution in [0.15, 0.2) is 48.5 Å². The normalized spacial score (nSPS) is 13.9. The molecule has 0 heterocycles. The molecule has 0 aromatic heterocycles. The first-order valence-electron chi connectivity index (χ1n) is 8.45. The predicted molar refractivity (Wildman–Crippen MR) is 98.8 cm³/mol. The highest BCUT2D eigenvalue weighted by molar-refractivity contribution is 7.88. The summed E-state index contributed by atoms with van der Waals surface area (Å²) in [5.74, 6) is -0.488. The van der Waals surface area contributed by atoms with Crippen molar-refractivity contribution >= 4 is 21.6 Å². The third kappa shape index (κ3) is 4.90. The van der Waals surface area contributed by atoms with E-state index in [-0.39, 0.29) is 18.2 Å². The number of rotatable bonds is 6. The molecule has 2 aromatic carbocycles. The Labute approximate surface area is 148 Å². The van der Waals surface area contributed by atoms with Crippen molar-refractivity contribution in [2.75, 3.05) is 11.9 Å². The molecule has 0 atom stereocenters. The summed E-state index contributed by atoms with van der Waals surface area (Å²) in [7, 11) is -3.55. The standard InChI is InChI=1S/C19H22N2O3S/c22-19(13-20-25(23,24)14-15-7-2-1-3-8-15)21-18-12-6-10-16-9-4-5-11-17(16)18/h1-3,6-8,10,12,20H,4-5,9,11,13-14H2,(H,21,22). The Bertz CT molecular complexity index is 848. The van der Waals surface area contributed by atoms with E-state index >= 15 is 0 Å². The molecule has 0 bridgehead atoms. The molecule has 1 amide bonds. The molecule has 25 heavy (non-hydrogen) atoms. The van der Waals surface area contributed by atoms with E-state index in [1.165, 1.54) is 17.5 Å². The maximum Gasteiger partial charge on any atom is 0.239 e. The van der Waals surface area contributed by atoms with E-state index in [0.717, 1.165) is 24.9 Å². The average molecular weight is 358 g/mol. The van der Waals surface area contributed by atoms with Gasteiger partial charge in [-0.15, -0.1) is 0 Å². The predicted octanol–water partition coefficient (Wildman–Crippen LogP) is 2.62. The van der Waals surface area contributed by atoms with Gasteiger partial charge in [0.2, 0.25) is 15.9 Å². The molecule has 5 nitrogen and oxygen atoms in total. The number of aryl methyl sites for hydroxylation is 1. The number of carbonyl (C=O) groups is 1. The highest BCUT2D eigenvalue weighted by Gasteiger charge is 2.16. The van der Waals surface area contributed by atoms with Crippen LogP contribution in [0.4, 0.5) is 5.69 Å². The van der Waals surface area contributed by atoms with Crippen LogP contribution in [0.1, 0.15) is 29.5 Å². The Morgan fingerprint density at radius 1 is 0.960 bits per heavy atom. The van der Waals surface area contributed by atoms with Crippen LogP contribution in [0, 0.1) is 0 Å². The van der Waals surface area contributed by atoms with Crippen molar-refractivity contribution in [2.45, 2.75) is 31.4 Å². The molecule has 2 aromatic rings. The van der Waals surface area contributed by atoms with Crippen molar-refractivity contribution in [1.29, 1.82) is 0 Å². The highest BCUT2D eigenvalue weighted by atomic mass is 32.2. The number of hydrogen-bond donors (Lipinski definition) is 2. The number of sulfonamides is 1. The van der Waals surface area contributed by atoms with E-state index in [2.05, 4.69) is 16.1 Å². The van der Waals surface area contributed by atoms with Crippen LogP contribution >= 0.6 is 0 Å². The molecule has 3 rings (SSSR count). The zero-order valence-corrected chi connectivity index (χ0v) is 14.8. The summed E-state index contributed by atoms with van der Waals surface area (Å²) in [6, 6.07) is 14.8. The van der Waals surface area contributed by atoms with Crippen LogP contribution in [0.3, 0.4) is 0 Å². The third-order valence-electron chi connectivity index (χ3n) is 4.32. The van der Waals surface area contributed by atoms with Crippen LogP contribution in [-0.4, -0.2) is 20.9 Å². The highest BCUT2D eigenvalue weighted by Crippen LogP contribution is 2.27. The second kappa shape index (κ2) is 7.80. The molecule has 1 aliphatic rings. The Hall–Kier alpha value is -2.18. The van der Waals surface area contributed by atoms with Gasteiger partial charge in [0.05, 0.1) is 12.3 Å². The van der Waals surface area contributed by atoms with Crippen molar-refractivity contribution in [3.05, 3.63) is 65.2 Å². The first-order chi connectivity index (χ1) is 12.0. The van der Waals surface area contributed by atoms with E-state index in [1.54, 1.807) is 24.3 Å². The van der Waals surface area contributed by atoms with Gasteiger partial charge in [-0.25, -0.2) is 13.1 Å². The van der Waals surface area contributed by atoms with Crippen molar-refractivity contribution < 1.29 is 13.2 Å². The summed E-state index contributed by atoms with van der Waals surface area (Å²) in [5, 5.41) is 2.84. The number of fused-ring (bicyclic) bond motifs is 1. The van der Waals surface area contributed by atoms with Crippen LogP contribution in [0.25, 0.3) is 0 Å². The van der Waals surface area contributed by atoms with Crippen LogP contribution in [0.2, 0.25) is 0 Å². The summed E-state index contributed by atoms with van der Waals surface area (Å²) >= 11 is 0. The molecular formula is C19H22N2O3S. The van der Waals surface area contributed by atoms with Gasteiger partial charge in [-0.1, -0.05) is 42.5 Å². The molecule has 0 aliphatic heterocycles. The lowest BCUT2D eigenvalue weighted by Gasteiger charge is -2.19. The molecule has 0 fully saturated rings. The second-order valence-electron chi connectivity index (χ2n) is 6.26. The van der Waals surface area contributed by atoms with Gasteiger partial charge in [0.1, 0.15) is 0 Å². The fourth-order valence-corrected chi connectivity index (χ4v) is 4.20. The fourth-order valence-electron chi connectivity index (χ4n) is 3.11. The Balaban J connectivity index is 1.58. The van der Waals surface area contributed by atoms with Crippen molar-refractivity contribution in [1.82, 2.24) is 4.72 Å². The minimum atomic E-state index is -3.55. The summed E-state index contributed by atoms with van der Waals surface area (Å²) in [6.07, 6.45) is 4.27. The molecule has 0 unspecified atom stereocenters. The van der Waals surface area contributed by atoms with E-state index < -0.39 is 10.0 Å². The molecule has 0 saturated heterocycles. The Morgan fingerprint density at radius 3 is 2.52 bits per heavy atom. The number of anilines is 1. The van der Waals surface area contributed by atoms with Gasteiger partial charge in [-0.2, -0.15) is 0 Å². The lowest BCUT2D eigenvalue weighted by molar-refractivity contribution is -0.115. The number of amides is 1. The van der Waals surface area contributed by atoms with Gasteiger partial charge in [0.15, 0.2) is 0 Å². The van der Waals surface area contributed by atoms with Crippen LogP contribution < -0.4 is 10.0 Å². The molecule has 0 spiro atoms. The van der Waals surface area contributed by atoms with Gasteiger partial charge >= 0.3 is 0 Å². The lowest BCUT2D eigenvalue weighted by atomic mass is 9.90. The Morgan fingerprint density at radius 2 is 1.72 bits per heavy atom. The first kappa shape index (κ1) is 17.6. The quantitative estimate of drug-likeness (QED) is 0.833. The van der Waals surface area contributed by atoms with E-state index in [0.29, 0.717) is 5.56 Å². The second-order valence-corrected chi connectivity index (χ2v) is 8.07. The van der Waals surface area contributed by atoms with E-state index in [4.69, 9.17) is 0 Å². The lowest BCUT2D eigenvalue weighted by Crippen LogP contribution is -2.34. The summed E-state index contributed by atoms with van der Waals surface area (Å²) in [6.45, 7) is -0.265. The maximum absolute atomic E-state index is 12.2. The zero-order chi connectivity index (χ0) is 17.7. The largest absolute Gasteiger partial charge is 0.325 e. The topological polar surface area (TPSA) is 75.3 Å². The number of hydrogen-bond acceptors (Lipinski definition) is 3. The number of benzene rings is 2. The van der Waals surface area contributed by atoms with Gasteiger partial charge in [0, 0.05) is 5.69 Å². The van der Waals surface area contributed by atoms with Crippen LogP contribution in [0.5, 0.6) is 0 Å². The number of nitrogens with one attached hydrogen (secondary N) is 2. The average Bonchev–Trinajstić information content (AvgIpc) is 2.61. The maximum atomic E-state index is 12.2. The summed E-state index contributed by atoms with van der Waals surface area (Å²) in [4.78, 5) is 12.2. The minimum absolute atomic E-state index is 0.137. The smallest absolute Gasteiger partial charge is 0.239 e.